The van der Waals surface area contributed by atoms with Gasteiger partial charge in [0, 0.05) is 0 Å². The van der Waals surface area contributed by atoms with Gasteiger partial charge in [-0.1, -0.05) is 42.8 Å². The number of hydrogen-bond acceptors (Lipinski definition) is 1. The summed E-state index contributed by atoms with van der Waals surface area (Å²) in [5, 5.41) is 3.59. The van der Waals surface area contributed by atoms with Crippen LogP contribution in [0.2, 0.25) is 5.02 Å². The average Bonchev–Trinajstić information content (AvgIpc) is 2.43. The van der Waals surface area contributed by atoms with E-state index < -0.39 is 0 Å². The molecule has 0 bridgehead atoms. The van der Waals surface area contributed by atoms with Gasteiger partial charge >= 0.3 is 0 Å². The molecule has 1 atom stereocenters. The van der Waals surface area contributed by atoms with Crippen molar-refractivity contribution >= 4 is 11.6 Å². The van der Waals surface area contributed by atoms with Crippen LogP contribution < -0.4 is 5.32 Å². The lowest BCUT2D eigenvalue weighted by molar-refractivity contribution is 0.613. The summed E-state index contributed by atoms with van der Waals surface area (Å²) in [5.74, 6) is -0.384. The first-order chi connectivity index (χ1) is 9.52. The van der Waals surface area contributed by atoms with Gasteiger partial charge in [-0.25, -0.2) is 4.39 Å². The zero-order chi connectivity index (χ0) is 14.7. The zero-order valence-corrected chi connectivity index (χ0v) is 12.8. The van der Waals surface area contributed by atoms with E-state index in [2.05, 4.69) is 44.3 Å². The molecule has 0 aliphatic heterocycles. The second kappa shape index (κ2) is 6.38. The van der Waals surface area contributed by atoms with Crippen LogP contribution in [0.5, 0.6) is 0 Å². The van der Waals surface area contributed by atoms with Gasteiger partial charge in [-0.05, 0) is 54.8 Å². The number of rotatable bonds is 4. The summed E-state index contributed by atoms with van der Waals surface area (Å²) in [5.41, 5.74) is 4.65. The summed E-state index contributed by atoms with van der Waals surface area (Å²) in [7, 11) is 0. The van der Waals surface area contributed by atoms with E-state index in [-0.39, 0.29) is 16.9 Å². The molecular formula is C17H19ClFN. The van der Waals surface area contributed by atoms with Crippen LogP contribution in [0.15, 0.2) is 36.4 Å². The Morgan fingerprint density at radius 1 is 1.05 bits per heavy atom. The fraction of sp³-hybridized carbons (Fsp3) is 0.294. The third-order valence-electron chi connectivity index (χ3n) is 3.55. The summed E-state index contributed by atoms with van der Waals surface area (Å²) < 4.78 is 13.3. The van der Waals surface area contributed by atoms with E-state index in [0.29, 0.717) is 0 Å². The average molecular weight is 292 g/mol. The Morgan fingerprint density at radius 3 is 2.30 bits per heavy atom. The number of hydrogen-bond donors (Lipinski definition) is 1. The minimum atomic E-state index is -0.384. The second-order valence-corrected chi connectivity index (χ2v) is 5.42. The Morgan fingerprint density at radius 2 is 1.70 bits per heavy atom. The van der Waals surface area contributed by atoms with Crippen molar-refractivity contribution in [2.24, 2.45) is 0 Å². The third kappa shape index (κ3) is 3.20. The van der Waals surface area contributed by atoms with E-state index in [1.165, 1.54) is 17.2 Å². The van der Waals surface area contributed by atoms with Gasteiger partial charge in [-0.15, -0.1) is 0 Å². The quantitative estimate of drug-likeness (QED) is 0.853. The monoisotopic (exact) mass is 291 g/mol. The molecule has 0 amide bonds. The predicted octanol–water partition coefficient (Wildman–Crippen LogP) is 4.79. The molecule has 0 heterocycles. The van der Waals surface area contributed by atoms with Crippen molar-refractivity contribution in [2.75, 3.05) is 6.54 Å². The van der Waals surface area contributed by atoms with Gasteiger partial charge in [0.2, 0.25) is 0 Å². The van der Waals surface area contributed by atoms with Crippen molar-refractivity contribution in [1.82, 2.24) is 5.32 Å². The van der Waals surface area contributed by atoms with Gasteiger partial charge in [0.1, 0.15) is 5.82 Å². The second-order valence-electron chi connectivity index (χ2n) is 5.01. The fourth-order valence-electron chi connectivity index (χ4n) is 2.27. The lowest BCUT2D eigenvalue weighted by Crippen LogP contribution is -2.22. The summed E-state index contributed by atoms with van der Waals surface area (Å²) in [6.07, 6.45) is 0. The van der Waals surface area contributed by atoms with Crippen LogP contribution in [-0.4, -0.2) is 6.54 Å². The normalized spacial score (nSPS) is 12.4. The molecule has 0 aliphatic rings. The molecule has 1 nitrogen and oxygen atoms in total. The molecule has 0 aliphatic carbocycles. The molecule has 3 heteroatoms. The van der Waals surface area contributed by atoms with E-state index in [4.69, 9.17) is 11.6 Å². The minimum absolute atomic E-state index is 0.0254. The molecule has 0 radical (unpaired) electrons. The minimum Gasteiger partial charge on any atom is -0.307 e. The zero-order valence-electron chi connectivity index (χ0n) is 12.0. The predicted molar refractivity (Wildman–Crippen MR) is 82.8 cm³/mol. The molecule has 1 unspecified atom stereocenters. The van der Waals surface area contributed by atoms with Crippen LogP contribution in [-0.2, 0) is 0 Å². The van der Waals surface area contributed by atoms with Crippen molar-refractivity contribution in [2.45, 2.75) is 26.8 Å². The van der Waals surface area contributed by atoms with Crippen LogP contribution in [0.4, 0.5) is 4.39 Å². The highest BCUT2D eigenvalue weighted by Crippen LogP contribution is 2.27. The van der Waals surface area contributed by atoms with Crippen LogP contribution in [0.3, 0.4) is 0 Å². The van der Waals surface area contributed by atoms with E-state index in [1.54, 1.807) is 12.1 Å². The highest BCUT2D eigenvalue weighted by Gasteiger charge is 2.15. The van der Waals surface area contributed by atoms with E-state index in [0.717, 1.165) is 17.7 Å². The van der Waals surface area contributed by atoms with E-state index in [9.17, 15) is 4.39 Å². The molecule has 0 aromatic heterocycles. The first kappa shape index (κ1) is 15.0. The summed E-state index contributed by atoms with van der Waals surface area (Å²) in [6.45, 7) is 7.07. The molecule has 0 saturated heterocycles. The molecule has 1 N–H and O–H groups in total. The maximum absolute atomic E-state index is 13.3. The van der Waals surface area contributed by atoms with Crippen molar-refractivity contribution in [3.05, 3.63) is 69.5 Å². The van der Waals surface area contributed by atoms with Crippen LogP contribution >= 0.6 is 11.6 Å². The van der Waals surface area contributed by atoms with E-state index >= 15 is 0 Å². The molecule has 2 aromatic rings. The van der Waals surface area contributed by atoms with Crippen molar-refractivity contribution in [3.63, 3.8) is 0 Å². The molecule has 2 rings (SSSR count). The lowest BCUT2D eigenvalue weighted by Gasteiger charge is -2.20. The number of halogens is 2. The summed E-state index contributed by atoms with van der Waals surface area (Å²) >= 11 is 5.90. The number of benzene rings is 2. The first-order valence-electron chi connectivity index (χ1n) is 6.78. The standard InChI is InChI=1S/C17H19ClFN/c1-4-20-17(13-6-5-11(2)12(3)9-13)14-7-8-16(19)15(18)10-14/h5-10,17,20H,4H2,1-3H3. The smallest absolute Gasteiger partial charge is 0.141 e. The Bertz CT molecular complexity index is 558. The van der Waals surface area contributed by atoms with Crippen molar-refractivity contribution in [1.29, 1.82) is 0 Å². The number of aryl methyl sites for hydroxylation is 2. The highest BCUT2D eigenvalue weighted by atomic mass is 35.5. The number of nitrogens with one attached hydrogen (secondary N) is 1. The Kier molecular flexibility index (Phi) is 4.79. The topological polar surface area (TPSA) is 12.0 Å². The van der Waals surface area contributed by atoms with Crippen LogP contribution in [0.25, 0.3) is 0 Å². The van der Waals surface area contributed by atoms with Gasteiger partial charge < -0.3 is 5.32 Å². The maximum atomic E-state index is 13.3. The van der Waals surface area contributed by atoms with E-state index in [1.807, 2.05) is 0 Å². The largest absolute Gasteiger partial charge is 0.307 e. The van der Waals surface area contributed by atoms with Gasteiger partial charge in [-0.2, -0.15) is 0 Å². The third-order valence-corrected chi connectivity index (χ3v) is 3.84. The Labute approximate surface area is 124 Å². The first-order valence-corrected chi connectivity index (χ1v) is 7.16. The maximum Gasteiger partial charge on any atom is 0.141 e. The summed E-state index contributed by atoms with van der Waals surface area (Å²) in [6, 6.07) is 11.3. The lowest BCUT2D eigenvalue weighted by atomic mass is 9.95. The molecule has 106 valence electrons. The van der Waals surface area contributed by atoms with Gasteiger partial charge in [0.25, 0.3) is 0 Å². The fourth-order valence-corrected chi connectivity index (χ4v) is 2.46. The van der Waals surface area contributed by atoms with Crippen LogP contribution in [0.1, 0.15) is 35.2 Å². The Hall–Kier alpha value is -1.38. The molecule has 0 saturated carbocycles. The SMILES string of the molecule is CCNC(c1ccc(C)c(C)c1)c1ccc(F)c(Cl)c1. The molecule has 20 heavy (non-hydrogen) atoms. The van der Waals surface area contributed by atoms with Gasteiger partial charge in [0.15, 0.2) is 0 Å². The van der Waals surface area contributed by atoms with Gasteiger partial charge in [0.05, 0.1) is 11.1 Å². The molecular weight excluding hydrogens is 273 g/mol. The molecule has 0 spiro atoms. The Balaban J connectivity index is 2.44. The molecule has 2 aromatic carbocycles. The summed E-state index contributed by atoms with van der Waals surface area (Å²) in [4.78, 5) is 0. The molecule has 0 fully saturated rings. The van der Waals surface area contributed by atoms with Gasteiger partial charge in [-0.3, -0.25) is 0 Å². The van der Waals surface area contributed by atoms with Crippen molar-refractivity contribution in [3.8, 4) is 0 Å². The van der Waals surface area contributed by atoms with Crippen LogP contribution in [0, 0.1) is 19.7 Å². The highest BCUT2D eigenvalue weighted by molar-refractivity contribution is 6.30. The van der Waals surface area contributed by atoms with Crippen molar-refractivity contribution < 1.29 is 4.39 Å².